The van der Waals surface area contributed by atoms with Crippen molar-refractivity contribution in [1.82, 2.24) is 0 Å². The highest BCUT2D eigenvalue weighted by Gasteiger charge is 2.19. The van der Waals surface area contributed by atoms with Crippen LogP contribution in [-0.2, 0) is 4.79 Å². The molecule has 0 heterocycles. The van der Waals surface area contributed by atoms with Crippen LogP contribution in [0.4, 0.5) is 5.69 Å². The topological polar surface area (TPSA) is 47.6 Å². The van der Waals surface area contributed by atoms with Gasteiger partial charge in [-0.15, -0.1) is 0 Å². The molecule has 0 fully saturated rings. The van der Waals surface area contributed by atoms with E-state index in [0.717, 1.165) is 11.3 Å². The van der Waals surface area contributed by atoms with Crippen LogP contribution in [0, 0.1) is 13.8 Å². The van der Waals surface area contributed by atoms with Gasteiger partial charge in [-0.2, -0.15) is 0 Å². The van der Waals surface area contributed by atoms with Crippen LogP contribution in [0.5, 0.6) is 11.5 Å². The molecule has 25 heavy (non-hydrogen) atoms. The van der Waals surface area contributed by atoms with Crippen LogP contribution in [0.3, 0.4) is 0 Å². The number of carbonyl (C=O) groups excluding carboxylic acids is 1. The Balaban J connectivity index is 2.05. The second-order valence-electron chi connectivity index (χ2n) is 6.44. The smallest absolute Gasteiger partial charge is 0.265 e. The Labute approximate surface area is 150 Å². The van der Waals surface area contributed by atoms with Gasteiger partial charge in [0.2, 0.25) is 0 Å². The summed E-state index contributed by atoms with van der Waals surface area (Å²) in [5.74, 6) is 1.28. The quantitative estimate of drug-likeness (QED) is 0.780. The third-order valence-electron chi connectivity index (χ3n) is 3.89. The van der Waals surface area contributed by atoms with Gasteiger partial charge in [-0.1, -0.05) is 19.1 Å². The maximum Gasteiger partial charge on any atom is 0.265 e. The van der Waals surface area contributed by atoms with E-state index < -0.39 is 6.10 Å². The number of rotatable bonds is 7. The molecule has 4 nitrogen and oxygen atoms in total. The van der Waals surface area contributed by atoms with Crippen molar-refractivity contribution in [2.45, 2.75) is 53.2 Å². The van der Waals surface area contributed by atoms with Crippen molar-refractivity contribution in [3.8, 4) is 11.5 Å². The first-order valence-corrected chi connectivity index (χ1v) is 8.70. The standard InChI is InChI=1S/C21H27NO3/c1-6-20(25-19-11-10-15(4)16(5)12-19)21(23)22-17-8-7-9-18(13-17)24-14(2)3/h7-14,20H,6H2,1-5H3,(H,22,23)/t20-/m1/s1. The van der Waals surface area contributed by atoms with Crippen LogP contribution >= 0.6 is 0 Å². The number of ether oxygens (including phenoxy) is 2. The molecule has 0 aliphatic carbocycles. The van der Waals surface area contributed by atoms with Crippen LogP contribution in [-0.4, -0.2) is 18.1 Å². The Morgan fingerprint density at radius 1 is 1.00 bits per heavy atom. The maximum atomic E-state index is 12.6. The first kappa shape index (κ1) is 18.8. The fraction of sp³-hybridized carbons (Fsp3) is 0.381. The van der Waals surface area contributed by atoms with Gasteiger partial charge in [0.15, 0.2) is 6.10 Å². The summed E-state index contributed by atoms with van der Waals surface area (Å²) < 4.78 is 11.5. The highest BCUT2D eigenvalue weighted by molar-refractivity contribution is 5.94. The molecule has 0 radical (unpaired) electrons. The van der Waals surface area contributed by atoms with Gasteiger partial charge in [0.05, 0.1) is 6.10 Å². The van der Waals surface area contributed by atoms with E-state index in [1.54, 1.807) is 0 Å². The summed E-state index contributed by atoms with van der Waals surface area (Å²) in [5.41, 5.74) is 3.04. The summed E-state index contributed by atoms with van der Waals surface area (Å²) in [7, 11) is 0. The monoisotopic (exact) mass is 341 g/mol. The summed E-state index contributed by atoms with van der Waals surface area (Å²) in [5, 5.41) is 2.91. The molecule has 0 aliphatic heterocycles. The van der Waals surface area contributed by atoms with E-state index >= 15 is 0 Å². The Morgan fingerprint density at radius 2 is 1.72 bits per heavy atom. The van der Waals surface area contributed by atoms with Crippen molar-refractivity contribution in [3.05, 3.63) is 53.6 Å². The lowest BCUT2D eigenvalue weighted by Gasteiger charge is -2.18. The molecule has 0 bridgehead atoms. The molecular formula is C21H27NO3. The molecule has 1 amide bonds. The number of amides is 1. The number of nitrogens with one attached hydrogen (secondary N) is 1. The van der Waals surface area contributed by atoms with Gasteiger partial charge < -0.3 is 14.8 Å². The van der Waals surface area contributed by atoms with E-state index in [1.807, 2.05) is 70.2 Å². The number of benzene rings is 2. The number of anilines is 1. The van der Waals surface area contributed by atoms with E-state index in [0.29, 0.717) is 17.9 Å². The van der Waals surface area contributed by atoms with Gasteiger partial charge in [-0.05, 0) is 69.5 Å². The number of hydrogen-bond acceptors (Lipinski definition) is 3. The van der Waals surface area contributed by atoms with Crippen molar-refractivity contribution in [2.24, 2.45) is 0 Å². The first-order valence-electron chi connectivity index (χ1n) is 8.70. The van der Waals surface area contributed by atoms with Gasteiger partial charge in [-0.25, -0.2) is 0 Å². The minimum atomic E-state index is -0.545. The SMILES string of the molecule is CC[C@@H](Oc1ccc(C)c(C)c1)C(=O)Nc1cccc(OC(C)C)c1. The van der Waals surface area contributed by atoms with Crippen molar-refractivity contribution in [2.75, 3.05) is 5.32 Å². The molecule has 1 N–H and O–H groups in total. The lowest BCUT2D eigenvalue weighted by Crippen LogP contribution is -2.32. The summed E-state index contributed by atoms with van der Waals surface area (Å²) in [6, 6.07) is 13.3. The zero-order valence-corrected chi connectivity index (χ0v) is 15.6. The highest BCUT2D eigenvalue weighted by Crippen LogP contribution is 2.21. The lowest BCUT2D eigenvalue weighted by atomic mass is 10.1. The van der Waals surface area contributed by atoms with E-state index in [1.165, 1.54) is 5.56 Å². The minimum Gasteiger partial charge on any atom is -0.491 e. The average molecular weight is 341 g/mol. The van der Waals surface area contributed by atoms with Crippen molar-refractivity contribution >= 4 is 11.6 Å². The normalized spacial score (nSPS) is 11.9. The maximum absolute atomic E-state index is 12.6. The first-order chi connectivity index (χ1) is 11.9. The van der Waals surface area contributed by atoms with Gasteiger partial charge in [-0.3, -0.25) is 4.79 Å². The molecule has 2 rings (SSSR count). The molecule has 2 aromatic carbocycles. The Kier molecular flexibility index (Phi) is 6.45. The van der Waals surface area contributed by atoms with Crippen LogP contribution in [0.15, 0.2) is 42.5 Å². The number of hydrogen-bond donors (Lipinski definition) is 1. The van der Waals surface area contributed by atoms with E-state index in [-0.39, 0.29) is 12.0 Å². The molecule has 1 atom stereocenters. The van der Waals surface area contributed by atoms with Crippen LogP contribution in [0.2, 0.25) is 0 Å². The third kappa shape index (κ3) is 5.52. The molecule has 2 aromatic rings. The van der Waals surface area contributed by atoms with E-state index in [9.17, 15) is 4.79 Å². The molecule has 0 aliphatic rings. The fourth-order valence-corrected chi connectivity index (χ4v) is 2.42. The Hall–Kier alpha value is -2.49. The number of aryl methyl sites for hydroxylation is 2. The highest BCUT2D eigenvalue weighted by atomic mass is 16.5. The average Bonchev–Trinajstić information content (AvgIpc) is 2.55. The molecule has 4 heteroatoms. The fourth-order valence-electron chi connectivity index (χ4n) is 2.42. The number of carbonyl (C=O) groups is 1. The summed E-state index contributed by atoms with van der Waals surface area (Å²) in [6.07, 6.45) is 0.125. The van der Waals surface area contributed by atoms with Gasteiger partial charge in [0, 0.05) is 11.8 Å². The molecule has 0 spiro atoms. The molecule has 0 saturated carbocycles. The summed E-state index contributed by atoms with van der Waals surface area (Å²) in [4.78, 5) is 12.6. The predicted molar refractivity (Wildman–Crippen MR) is 101 cm³/mol. The van der Waals surface area contributed by atoms with Gasteiger partial charge in [0.1, 0.15) is 11.5 Å². The van der Waals surface area contributed by atoms with Crippen molar-refractivity contribution in [3.63, 3.8) is 0 Å². The second kappa shape index (κ2) is 8.56. The minimum absolute atomic E-state index is 0.0856. The predicted octanol–water partition coefficient (Wildman–Crippen LogP) is 4.89. The molecule has 0 aromatic heterocycles. The van der Waals surface area contributed by atoms with E-state index in [4.69, 9.17) is 9.47 Å². The zero-order chi connectivity index (χ0) is 18.4. The van der Waals surface area contributed by atoms with Crippen LogP contribution in [0.1, 0.15) is 38.3 Å². The largest absolute Gasteiger partial charge is 0.491 e. The summed E-state index contributed by atoms with van der Waals surface area (Å²) in [6.45, 7) is 9.95. The van der Waals surface area contributed by atoms with Crippen LogP contribution in [0.25, 0.3) is 0 Å². The molecule has 0 unspecified atom stereocenters. The van der Waals surface area contributed by atoms with E-state index in [2.05, 4.69) is 12.2 Å². The molecule has 134 valence electrons. The lowest BCUT2D eigenvalue weighted by molar-refractivity contribution is -0.122. The van der Waals surface area contributed by atoms with Crippen LogP contribution < -0.4 is 14.8 Å². The third-order valence-corrected chi connectivity index (χ3v) is 3.89. The summed E-state index contributed by atoms with van der Waals surface area (Å²) >= 11 is 0. The molecular weight excluding hydrogens is 314 g/mol. The Morgan fingerprint density at radius 3 is 2.36 bits per heavy atom. The van der Waals surface area contributed by atoms with Gasteiger partial charge in [0.25, 0.3) is 5.91 Å². The second-order valence-corrected chi connectivity index (χ2v) is 6.44. The van der Waals surface area contributed by atoms with Gasteiger partial charge >= 0.3 is 0 Å². The Bertz CT molecular complexity index is 725. The van der Waals surface area contributed by atoms with Crippen molar-refractivity contribution < 1.29 is 14.3 Å². The molecule has 0 saturated heterocycles. The zero-order valence-electron chi connectivity index (χ0n) is 15.6. The van der Waals surface area contributed by atoms with Crippen molar-refractivity contribution in [1.29, 1.82) is 0 Å².